The van der Waals surface area contributed by atoms with E-state index in [1.807, 2.05) is 30.3 Å². The molecule has 9 heteroatoms. The number of amides is 4. The predicted molar refractivity (Wildman–Crippen MR) is 118 cm³/mol. The highest BCUT2D eigenvalue weighted by atomic mass is 16.2. The maximum atomic E-state index is 12.6. The molecule has 0 bridgehead atoms. The molecule has 2 aromatic rings. The topological polar surface area (TPSA) is 103 Å². The van der Waals surface area contributed by atoms with E-state index in [4.69, 9.17) is 4.99 Å². The van der Waals surface area contributed by atoms with Crippen molar-refractivity contribution in [2.75, 3.05) is 33.7 Å². The van der Waals surface area contributed by atoms with E-state index < -0.39 is 0 Å². The van der Waals surface area contributed by atoms with Gasteiger partial charge in [-0.2, -0.15) is 0 Å². The van der Waals surface area contributed by atoms with Crippen molar-refractivity contribution in [3.8, 4) is 11.4 Å². The predicted octanol–water partition coefficient (Wildman–Crippen LogP) is 2.29. The molecular formula is C22H27N7O2. The smallest absolute Gasteiger partial charge is 0.322 e. The fourth-order valence-corrected chi connectivity index (χ4v) is 4.14. The van der Waals surface area contributed by atoms with Gasteiger partial charge in [0.15, 0.2) is 5.82 Å². The number of aromatic nitrogens is 2. The Hall–Kier alpha value is -3.49. The Morgan fingerprint density at radius 2 is 1.71 bits per heavy atom. The zero-order valence-electron chi connectivity index (χ0n) is 17.8. The van der Waals surface area contributed by atoms with Crippen molar-refractivity contribution in [3.63, 3.8) is 0 Å². The van der Waals surface area contributed by atoms with E-state index in [1.165, 1.54) is 0 Å². The zero-order chi connectivity index (χ0) is 21.8. The first-order valence-corrected chi connectivity index (χ1v) is 10.5. The molecule has 0 saturated carbocycles. The summed E-state index contributed by atoms with van der Waals surface area (Å²) in [7, 11) is 3.24. The second-order valence-electron chi connectivity index (χ2n) is 7.72. The van der Waals surface area contributed by atoms with Crippen LogP contribution in [0.1, 0.15) is 24.4 Å². The van der Waals surface area contributed by atoms with Crippen LogP contribution < -0.4 is 10.6 Å². The molecule has 0 aliphatic carbocycles. The van der Waals surface area contributed by atoms with Gasteiger partial charge in [-0.3, -0.25) is 9.89 Å². The third-order valence-corrected chi connectivity index (χ3v) is 5.76. The highest BCUT2D eigenvalue weighted by Gasteiger charge is 2.37. The summed E-state index contributed by atoms with van der Waals surface area (Å²) in [4.78, 5) is 42.0. The van der Waals surface area contributed by atoms with Gasteiger partial charge in [-0.1, -0.05) is 30.3 Å². The molecule has 162 valence electrons. The van der Waals surface area contributed by atoms with Gasteiger partial charge < -0.3 is 15.5 Å². The van der Waals surface area contributed by atoms with Gasteiger partial charge in [0.05, 0.1) is 12.6 Å². The Morgan fingerprint density at radius 3 is 2.39 bits per heavy atom. The van der Waals surface area contributed by atoms with E-state index in [0.29, 0.717) is 25.5 Å². The van der Waals surface area contributed by atoms with Crippen LogP contribution in [0.15, 0.2) is 47.7 Å². The Labute approximate surface area is 181 Å². The first-order chi connectivity index (χ1) is 15.1. The van der Waals surface area contributed by atoms with Crippen LogP contribution in [0.25, 0.3) is 11.4 Å². The third-order valence-electron chi connectivity index (χ3n) is 5.76. The first kappa shape index (κ1) is 20.8. The van der Waals surface area contributed by atoms with Crippen molar-refractivity contribution in [1.82, 2.24) is 30.4 Å². The van der Waals surface area contributed by atoms with Gasteiger partial charge in [-0.05, 0) is 12.8 Å². The van der Waals surface area contributed by atoms with E-state index in [1.54, 1.807) is 36.3 Å². The summed E-state index contributed by atoms with van der Waals surface area (Å²) >= 11 is 0. The van der Waals surface area contributed by atoms with Crippen LogP contribution in [0, 0.1) is 5.92 Å². The van der Waals surface area contributed by atoms with Gasteiger partial charge in [0, 0.05) is 56.6 Å². The van der Waals surface area contributed by atoms with Crippen LogP contribution in [0.5, 0.6) is 0 Å². The monoisotopic (exact) mass is 421 g/mol. The lowest BCUT2D eigenvalue weighted by Gasteiger charge is -2.34. The molecule has 1 saturated heterocycles. The van der Waals surface area contributed by atoms with Crippen LogP contribution in [0.2, 0.25) is 0 Å². The van der Waals surface area contributed by atoms with E-state index in [2.05, 4.69) is 20.6 Å². The number of carbonyl (C=O) groups is 2. The maximum Gasteiger partial charge on any atom is 0.322 e. The average Bonchev–Trinajstić information content (AvgIpc) is 3.29. The number of rotatable bonds is 3. The number of carbonyl (C=O) groups excluding carboxylic acids is 2. The van der Waals surface area contributed by atoms with Crippen molar-refractivity contribution in [3.05, 3.63) is 48.3 Å². The molecule has 1 aromatic heterocycles. The normalized spacial score (nSPS) is 20.9. The Morgan fingerprint density at radius 1 is 1.00 bits per heavy atom. The van der Waals surface area contributed by atoms with Gasteiger partial charge in [-0.15, -0.1) is 0 Å². The fraction of sp³-hybridized carbons (Fsp3) is 0.409. The van der Waals surface area contributed by atoms with Crippen LogP contribution in [-0.4, -0.2) is 71.4 Å². The Kier molecular flexibility index (Phi) is 6.11. The summed E-state index contributed by atoms with van der Waals surface area (Å²) in [5.74, 6) is 1.39. The second kappa shape index (κ2) is 9.11. The molecule has 1 aromatic carbocycles. The molecule has 2 atom stereocenters. The van der Waals surface area contributed by atoms with Gasteiger partial charge in [0.2, 0.25) is 0 Å². The molecule has 4 rings (SSSR count). The van der Waals surface area contributed by atoms with Crippen molar-refractivity contribution < 1.29 is 9.59 Å². The number of likely N-dealkylation sites (tertiary alicyclic amines) is 1. The fourth-order valence-electron chi connectivity index (χ4n) is 4.14. The lowest BCUT2D eigenvalue weighted by atomic mass is 9.96. The van der Waals surface area contributed by atoms with E-state index in [0.717, 1.165) is 29.8 Å². The minimum atomic E-state index is -0.229. The van der Waals surface area contributed by atoms with Crippen molar-refractivity contribution in [2.45, 2.75) is 18.9 Å². The highest BCUT2D eigenvalue weighted by Crippen LogP contribution is 2.30. The van der Waals surface area contributed by atoms with E-state index in [-0.39, 0.29) is 24.0 Å². The molecular weight excluding hydrogens is 394 g/mol. The number of amidine groups is 1. The highest BCUT2D eigenvalue weighted by molar-refractivity contribution is 6.00. The standard InChI is InChI=1S/C22H27N7O2/c1-23-21(30)28-10-6-9-16(13-28)20-27-18(14-29(20)22(31)24-2)17-11-25-19(26-12-17)15-7-4-3-5-8-15/h3-5,7-8,11-12,16,18H,6,9-10,13-14H2,1-2H3,(H,23,30)(H,24,31). The molecule has 9 nitrogen and oxygen atoms in total. The SMILES string of the molecule is CNC(=O)N1CCCC(C2=NC(c3cnc(-c4ccccc4)nc3)CN2C(=O)NC)C1. The van der Waals surface area contributed by atoms with Crippen LogP contribution in [0.3, 0.4) is 0 Å². The lowest BCUT2D eigenvalue weighted by molar-refractivity contribution is 0.178. The number of aliphatic imine (C=N–C) groups is 1. The quantitative estimate of drug-likeness (QED) is 0.794. The van der Waals surface area contributed by atoms with Crippen molar-refractivity contribution >= 4 is 17.9 Å². The second-order valence-corrected chi connectivity index (χ2v) is 7.72. The molecule has 2 aliphatic heterocycles. The summed E-state index contributed by atoms with van der Waals surface area (Å²) in [6.45, 7) is 1.68. The summed E-state index contributed by atoms with van der Waals surface area (Å²) in [6.07, 6.45) is 5.33. The van der Waals surface area contributed by atoms with Crippen LogP contribution in [0.4, 0.5) is 9.59 Å². The molecule has 0 spiro atoms. The zero-order valence-corrected chi connectivity index (χ0v) is 17.8. The molecule has 4 amide bonds. The third kappa shape index (κ3) is 4.35. The van der Waals surface area contributed by atoms with Crippen LogP contribution >= 0.6 is 0 Å². The maximum absolute atomic E-state index is 12.6. The number of urea groups is 2. The van der Waals surface area contributed by atoms with E-state index >= 15 is 0 Å². The van der Waals surface area contributed by atoms with Gasteiger partial charge in [0.25, 0.3) is 0 Å². The Balaban J connectivity index is 1.57. The van der Waals surface area contributed by atoms with Crippen LogP contribution in [-0.2, 0) is 0 Å². The summed E-state index contributed by atoms with van der Waals surface area (Å²) in [5, 5.41) is 5.39. The number of nitrogens with one attached hydrogen (secondary N) is 2. The van der Waals surface area contributed by atoms with Crippen molar-refractivity contribution in [2.24, 2.45) is 10.9 Å². The van der Waals surface area contributed by atoms with Gasteiger partial charge in [0.1, 0.15) is 5.84 Å². The molecule has 2 unspecified atom stereocenters. The van der Waals surface area contributed by atoms with Gasteiger partial charge >= 0.3 is 12.1 Å². The summed E-state index contributed by atoms with van der Waals surface area (Å²) in [6, 6.07) is 9.27. The Bertz CT molecular complexity index is 962. The largest absolute Gasteiger partial charge is 0.341 e. The number of benzene rings is 1. The average molecular weight is 422 g/mol. The molecule has 31 heavy (non-hydrogen) atoms. The summed E-state index contributed by atoms with van der Waals surface area (Å²) in [5.41, 5.74) is 1.82. The molecule has 2 aliphatic rings. The summed E-state index contributed by atoms with van der Waals surface area (Å²) < 4.78 is 0. The first-order valence-electron chi connectivity index (χ1n) is 10.5. The number of hydrogen-bond acceptors (Lipinski definition) is 5. The molecule has 0 radical (unpaired) electrons. The molecule has 3 heterocycles. The minimum Gasteiger partial charge on any atom is -0.341 e. The van der Waals surface area contributed by atoms with E-state index in [9.17, 15) is 9.59 Å². The number of nitrogens with zero attached hydrogens (tertiary/aromatic N) is 5. The molecule has 1 fully saturated rings. The number of piperidine rings is 1. The lowest BCUT2D eigenvalue weighted by Crippen LogP contribution is -2.50. The minimum absolute atomic E-state index is 0.0119. The van der Waals surface area contributed by atoms with Crippen molar-refractivity contribution in [1.29, 1.82) is 0 Å². The molecule has 2 N–H and O–H groups in total. The number of hydrogen-bond donors (Lipinski definition) is 2. The van der Waals surface area contributed by atoms with Gasteiger partial charge in [-0.25, -0.2) is 19.6 Å².